The zero-order valence-electron chi connectivity index (χ0n) is 15.9. The molecule has 0 radical (unpaired) electrons. The third kappa shape index (κ3) is 4.74. The first-order chi connectivity index (χ1) is 13.3. The average Bonchev–Trinajstić information content (AvgIpc) is 2.67. The summed E-state index contributed by atoms with van der Waals surface area (Å²) in [6.07, 6.45) is 3.78. The third-order valence-corrected chi connectivity index (χ3v) is 6.41. The Morgan fingerprint density at radius 3 is 2.43 bits per heavy atom. The highest BCUT2D eigenvalue weighted by Gasteiger charge is 2.31. The van der Waals surface area contributed by atoms with Crippen LogP contribution >= 0.6 is 0 Å². The number of hydrogen-bond acceptors (Lipinski definition) is 4. The Balaban J connectivity index is 1.79. The molecule has 1 amide bonds. The normalized spacial score (nSPS) is 17.2. The minimum Gasteiger partial charge on any atom is -0.343 e. The van der Waals surface area contributed by atoms with Crippen LogP contribution in [0, 0.1) is 18.7 Å². The number of aryl methyl sites for hydroxylation is 1. The van der Waals surface area contributed by atoms with E-state index in [-0.39, 0.29) is 17.6 Å². The molecule has 1 unspecified atom stereocenters. The van der Waals surface area contributed by atoms with Gasteiger partial charge in [0.1, 0.15) is 5.82 Å². The number of sulfonamides is 1. The molecule has 2 aromatic rings. The predicted octanol–water partition coefficient (Wildman–Crippen LogP) is 2.41. The Morgan fingerprint density at radius 1 is 1.21 bits per heavy atom. The van der Waals surface area contributed by atoms with Crippen molar-refractivity contribution in [1.82, 2.24) is 14.6 Å². The van der Waals surface area contributed by atoms with Gasteiger partial charge in [0.15, 0.2) is 0 Å². The number of nitrogens with zero attached hydrogens (tertiary/aromatic N) is 2. The summed E-state index contributed by atoms with van der Waals surface area (Å²) in [6, 6.07) is 9.23. The third-order valence-electron chi connectivity index (χ3n) is 5.11. The number of pyridine rings is 1. The van der Waals surface area contributed by atoms with Crippen molar-refractivity contribution in [3.63, 3.8) is 0 Å². The van der Waals surface area contributed by atoms with Crippen LogP contribution in [0.5, 0.6) is 0 Å². The Bertz CT molecular complexity index is 939. The summed E-state index contributed by atoms with van der Waals surface area (Å²) in [4.78, 5) is 17.3. The number of amides is 1. The van der Waals surface area contributed by atoms with Crippen molar-refractivity contribution in [1.29, 1.82) is 0 Å². The summed E-state index contributed by atoms with van der Waals surface area (Å²) in [5.74, 6) is -0.766. The van der Waals surface area contributed by atoms with Crippen molar-refractivity contribution in [3.05, 3.63) is 65.2 Å². The van der Waals surface area contributed by atoms with Crippen LogP contribution in [0.2, 0.25) is 0 Å². The van der Waals surface area contributed by atoms with Crippen molar-refractivity contribution < 1.29 is 17.6 Å². The summed E-state index contributed by atoms with van der Waals surface area (Å²) in [5, 5.41) is 3.04. The maximum Gasteiger partial charge on any atom is 0.224 e. The van der Waals surface area contributed by atoms with Crippen molar-refractivity contribution in [2.75, 3.05) is 19.3 Å². The van der Waals surface area contributed by atoms with Crippen molar-refractivity contribution in [2.24, 2.45) is 5.92 Å². The molecule has 0 saturated carbocycles. The molecule has 1 aromatic heterocycles. The van der Waals surface area contributed by atoms with E-state index in [9.17, 15) is 17.6 Å². The van der Waals surface area contributed by atoms with E-state index in [2.05, 4.69) is 10.3 Å². The Hall–Kier alpha value is -2.32. The van der Waals surface area contributed by atoms with E-state index in [1.54, 1.807) is 18.3 Å². The smallest absolute Gasteiger partial charge is 0.224 e. The van der Waals surface area contributed by atoms with Gasteiger partial charge in [0.2, 0.25) is 15.9 Å². The molecule has 1 saturated heterocycles. The standard InChI is InChI=1S/C20H24FN3O3S/c1-14-4-3-11-22-18(14)19(15-5-7-17(21)8-6-15)23-20(25)16-9-12-24(13-10-16)28(2,26)27/h3-8,11,16,19H,9-10,12-13H2,1-2H3,(H,23,25). The number of piperidine rings is 1. The Kier molecular flexibility index (Phi) is 6.10. The van der Waals surface area contributed by atoms with Gasteiger partial charge in [0.25, 0.3) is 0 Å². The first-order valence-corrected chi connectivity index (χ1v) is 11.0. The van der Waals surface area contributed by atoms with E-state index in [1.165, 1.54) is 22.7 Å². The fourth-order valence-corrected chi connectivity index (χ4v) is 4.35. The lowest BCUT2D eigenvalue weighted by atomic mass is 9.94. The quantitative estimate of drug-likeness (QED) is 0.829. The van der Waals surface area contributed by atoms with Gasteiger partial charge in [0.05, 0.1) is 18.0 Å². The van der Waals surface area contributed by atoms with E-state index in [0.717, 1.165) is 11.1 Å². The highest BCUT2D eigenvalue weighted by Crippen LogP contribution is 2.26. The minimum atomic E-state index is -3.24. The maximum absolute atomic E-state index is 13.4. The fourth-order valence-electron chi connectivity index (χ4n) is 3.47. The van der Waals surface area contributed by atoms with Crippen molar-refractivity contribution in [3.8, 4) is 0 Å². The second kappa shape index (κ2) is 8.36. The molecule has 0 bridgehead atoms. The second-order valence-electron chi connectivity index (χ2n) is 7.14. The molecule has 1 atom stereocenters. The molecule has 3 rings (SSSR count). The van der Waals surface area contributed by atoms with Crippen LogP contribution in [0.1, 0.15) is 35.7 Å². The number of aromatic nitrogens is 1. The van der Waals surface area contributed by atoms with Gasteiger partial charge in [0, 0.05) is 25.2 Å². The zero-order chi connectivity index (χ0) is 20.3. The van der Waals surface area contributed by atoms with Crippen LogP contribution < -0.4 is 5.32 Å². The summed E-state index contributed by atoms with van der Waals surface area (Å²) in [6.45, 7) is 2.58. The van der Waals surface area contributed by atoms with Crippen molar-refractivity contribution in [2.45, 2.75) is 25.8 Å². The summed E-state index contributed by atoms with van der Waals surface area (Å²) < 4.78 is 38.1. The lowest BCUT2D eigenvalue weighted by Crippen LogP contribution is -2.43. The average molecular weight is 405 g/mol. The van der Waals surface area contributed by atoms with Gasteiger partial charge in [-0.3, -0.25) is 9.78 Å². The summed E-state index contributed by atoms with van der Waals surface area (Å²) >= 11 is 0. The molecule has 1 aromatic carbocycles. The molecular weight excluding hydrogens is 381 g/mol. The lowest BCUT2D eigenvalue weighted by molar-refractivity contribution is -0.126. The number of hydrogen-bond donors (Lipinski definition) is 1. The van der Waals surface area contributed by atoms with Gasteiger partial charge in [-0.05, 0) is 49.1 Å². The number of carbonyl (C=O) groups excluding carboxylic acids is 1. The van der Waals surface area contributed by atoms with Gasteiger partial charge in [-0.2, -0.15) is 0 Å². The number of halogens is 1. The molecule has 0 aliphatic carbocycles. The molecule has 0 spiro atoms. The second-order valence-corrected chi connectivity index (χ2v) is 9.12. The zero-order valence-corrected chi connectivity index (χ0v) is 16.7. The molecule has 28 heavy (non-hydrogen) atoms. The lowest BCUT2D eigenvalue weighted by Gasteiger charge is -2.30. The highest BCUT2D eigenvalue weighted by molar-refractivity contribution is 7.88. The van der Waals surface area contributed by atoms with Crippen LogP contribution in [-0.4, -0.2) is 43.0 Å². The number of benzene rings is 1. The monoisotopic (exact) mass is 405 g/mol. The van der Waals surface area contributed by atoms with E-state index < -0.39 is 16.1 Å². The first kappa shape index (κ1) is 20.4. The number of rotatable bonds is 5. The summed E-state index contributed by atoms with van der Waals surface area (Å²) in [5.41, 5.74) is 2.37. The SMILES string of the molecule is Cc1cccnc1C(NC(=O)C1CCN(S(C)(=O)=O)CC1)c1ccc(F)cc1. The van der Waals surface area contributed by atoms with Gasteiger partial charge in [-0.15, -0.1) is 0 Å². The van der Waals surface area contributed by atoms with E-state index in [0.29, 0.717) is 31.6 Å². The molecule has 1 N–H and O–H groups in total. The van der Waals surface area contributed by atoms with Gasteiger partial charge >= 0.3 is 0 Å². The molecule has 1 aliphatic rings. The van der Waals surface area contributed by atoms with Crippen LogP contribution in [0.3, 0.4) is 0 Å². The molecule has 1 fully saturated rings. The van der Waals surface area contributed by atoms with Crippen LogP contribution in [0.25, 0.3) is 0 Å². The van der Waals surface area contributed by atoms with Gasteiger partial charge in [-0.1, -0.05) is 18.2 Å². The molecule has 8 heteroatoms. The number of carbonyl (C=O) groups is 1. The highest BCUT2D eigenvalue weighted by atomic mass is 32.2. The van der Waals surface area contributed by atoms with Gasteiger partial charge < -0.3 is 5.32 Å². The predicted molar refractivity (Wildman–Crippen MR) is 105 cm³/mol. The molecule has 6 nitrogen and oxygen atoms in total. The summed E-state index contributed by atoms with van der Waals surface area (Å²) in [7, 11) is -3.24. The molecule has 150 valence electrons. The van der Waals surface area contributed by atoms with Crippen LogP contribution in [0.4, 0.5) is 4.39 Å². The van der Waals surface area contributed by atoms with E-state index in [4.69, 9.17) is 0 Å². The maximum atomic E-state index is 13.4. The van der Waals surface area contributed by atoms with Gasteiger partial charge in [-0.25, -0.2) is 17.1 Å². The number of nitrogens with one attached hydrogen (secondary N) is 1. The molecular formula is C20H24FN3O3S. The largest absolute Gasteiger partial charge is 0.343 e. The first-order valence-electron chi connectivity index (χ1n) is 9.18. The molecule has 2 heterocycles. The van der Waals surface area contributed by atoms with Crippen LogP contribution in [0.15, 0.2) is 42.6 Å². The van der Waals surface area contributed by atoms with E-state index >= 15 is 0 Å². The fraction of sp³-hybridized carbons (Fsp3) is 0.400. The molecule has 1 aliphatic heterocycles. The minimum absolute atomic E-state index is 0.146. The Morgan fingerprint density at radius 2 is 1.86 bits per heavy atom. The van der Waals surface area contributed by atoms with Crippen molar-refractivity contribution >= 4 is 15.9 Å². The Labute approximate surface area is 164 Å². The van der Waals surface area contributed by atoms with E-state index in [1.807, 2.05) is 19.1 Å². The van der Waals surface area contributed by atoms with Crippen LogP contribution in [-0.2, 0) is 14.8 Å². The topological polar surface area (TPSA) is 79.4 Å².